The average Bonchev–Trinajstić information content (AvgIpc) is 2.52. The maximum atomic E-state index is 12.6. The summed E-state index contributed by atoms with van der Waals surface area (Å²) in [5, 5.41) is 10.3. The topological polar surface area (TPSA) is 61.1 Å². The summed E-state index contributed by atoms with van der Waals surface area (Å²) >= 11 is 5.71. The van der Waals surface area contributed by atoms with Gasteiger partial charge in [-0.25, -0.2) is 4.98 Å². The van der Waals surface area contributed by atoms with E-state index in [9.17, 15) is 13.2 Å². The first-order chi connectivity index (χ1) is 12.1. The maximum absolute atomic E-state index is 12.6. The molecule has 2 N–H and O–H groups in total. The Morgan fingerprint density at radius 1 is 1.38 bits per heavy atom. The summed E-state index contributed by atoms with van der Waals surface area (Å²) in [6.45, 7) is 5.68. The van der Waals surface area contributed by atoms with Crippen molar-refractivity contribution in [1.29, 1.82) is 5.41 Å². The molecular formula is C15H18BrF3N4S3. The number of nitrogens with one attached hydrogen (secondary N) is 2. The molecule has 0 aromatic carbocycles. The second-order valence-corrected chi connectivity index (χ2v) is 9.71. The minimum absolute atomic E-state index is 0.163. The standard InChI is InChI=1S/C15H18BrF3N4S3/c1-5-24-13(25-14(16)20)8(2)9(3)23-10-6-12(26-15(17,18)19)22-7-11(10)21-4/h6-7,20-21H,5H2,1-4H3/b13-8+,20-14?,23-9+. The lowest BCUT2D eigenvalue weighted by molar-refractivity contribution is -0.0329. The average molecular weight is 487 g/mol. The summed E-state index contributed by atoms with van der Waals surface area (Å²) in [6.07, 6.45) is 1.34. The minimum Gasteiger partial charge on any atom is -0.385 e. The molecule has 0 aliphatic rings. The summed E-state index contributed by atoms with van der Waals surface area (Å²) < 4.78 is 39.0. The van der Waals surface area contributed by atoms with Crippen LogP contribution in [0.15, 0.2) is 32.1 Å². The van der Waals surface area contributed by atoms with E-state index in [0.717, 1.165) is 15.6 Å². The number of hydrogen-bond acceptors (Lipinski definition) is 7. The van der Waals surface area contributed by atoms with Crippen LogP contribution in [0.5, 0.6) is 0 Å². The molecular weight excluding hydrogens is 469 g/mol. The van der Waals surface area contributed by atoms with E-state index in [2.05, 4.69) is 31.2 Å². The summed E-state index contributed by atoms with van der Waals surface area (Å²) in [4.78, 5) is 8.30. The minimum atomic E-state index is -4.40. The molecule has 0 spiro atoms. The Labute approximate surface area is 171 Å². The number of aliphatic imine (C=N–C) groups is 1. The first kappa shape index (κ1) is 23.4. The fourth-order valence-corrected chi connectivity index (χ4v) is 4.97. The number of nitrogens with zero attached hydrogens (tertiary/aromatic N) is 2. The van der Waals surface area contributed by atoms with Crippen molar-refractivity contribution in [2.75, 3.05) is 18.1 Å². The van der Waals surface area contributed by atoms with Gasteiger partial charge in [-0.2, -0.15) is 13.2 Å². The van der Waals surface area contributed by atoms with Gasteiger partial charge in [-0.15, -0.1) is 11.8 Å². The summed E-state index contributed by atoms with van der Waals surface area (Å²) in [5.41, 5.74) is -1.96. The number of halogens is 4. The molecule has 144 valence electrons. The largest absolute Gasteiger partial charge is 0.447 e. The van der Waals surface area contributed by atoms with Crippen molar-refractivity contribution in [3.63, 3.8) is 0 Å². The summed E-state index contributed by atoms with van der Waals surface area (Å²) in [7, 11) is 1.66. The predicted molar refractivity (Wildman–Crippen MR) is 114 cm³/mol. The molecule has 4 nitrogen and oxygen atoms in total. The number of hydrogen-bond donors (Lipinski definition) is 2. The Bertz CT molecular complexity index is 721. The molecule has 0 aliphatic carbocycles. The smallest absolute Gasteiger partial charge is 0.385 e. The van der Waals surface area contributed by atoms with Gasteiger partial charge in [0.15, 0.2) is 0 Å². The molecule has 0 saturated carbocycles. The highest BCUT2D eigenvalue weighted by Gasteiger charge is 2.30. The Morgan fingerprint density at radius 3 is 2.54 bits per heavy atom. The third kappa shape index (κ3) is 7.93. The van der Waals surface area contributed by atoms with Crippen LogP contribution in [0.2, 0.25) is 0 Å². The van der Waals surface area contributed by atoms with Gasteiger partial charge in [-0.3, -0.25) is 10.4 Å². The van der Waals surface area contributed by atoms with Crippen LogP contribution in [0.1, 0.15) is 20.8 Å². The van der Waals surface area contributed by atoms with Gasteiger partial charge < -0.3 is 5.32 Å². The van der Waals surface area contributed by atoms with Crippen LogP contribution in [-0.2, 0) is 0 Å². The number of pyridine rings is 1. The highest BCUT2D eigenvalue weighted by Crippen LogP contribution is 2.39. The normalized spacial score (nSPS) is 13.5. The molecule has 0 radical (unpaired) electrons. The molecule has 0 atom stereocenters. The van der Waals surface area contributed by atoms with Gasteiger partial charge in [0.1, 0.15) is 8.98 Å². The first-order valence-electron chi connectivity index (χ1n) is 7.32. The number of aromatic nitrogens is 1. The number of allylic oxidation sites excluding steroid dienone is 1. The van der Waals surface area contributed by atoms with Crippen LogP contribution >= 0.6 is 51.2 Å². The quantitative estimate of drug-likeness (QED) is 0.250. The second-order valence-electron chi connectivity index (χ2n) is 4.76. The molecule has 1 aromatic heterocycles. The number of anilines is 1. The number of thioether (sulfide) groups is 3. The molecule has 0 saturated heterocycles. The second kappa shape index (κ2) is 10.6. The van der Waals surface area contributed by atoms with Gasteiger partial charge in [0, 0.05) is 24.5 Å². The predicted octanol–water partition coefficient (Wildman–Crippen LogP) is 6.88. The summed E-state index contributed by atoms with van der Waals surface area (Å²) in [5.74, 6) is 0.830. The van der Waals surface area contributed by atoms with Crippen molar-refractivity contribution in [2.24, 2.45) is 4.99 Å². The third-order valence-corrected chi connectivity index (χ3v) is 6.22. The fraction of sp³-hybridized carbons (Fsp3) is 0.400. The van der Waals surface area contributed by atoms with Crippen molar-refractivity contribution in [3.8, 4) is 0 Å². The highest BCUT2D eigenvalue weighted by atomic mass is 79.9. The Kier molecular flexibility index (Phi) is 9.56. The van der Waals surface area contributed by atoms with Gasteiger partial charge in [-0.1, -0.05) is 18.7 Å². The van der Waals surface area contributed by atoms with E-state index in [1.165, 1.54) is 24.0 Å². The van der Waals surface area contributed by atoms with Crippen LogP contribution < -0.4 is 5.32 Å². The van der Waals surface area contributed by atoms with Crippen molar-refractivity contribution in [3.05, 3.63) is 22.1 Å². The van der Waals surface area contributed by atoms with E-state index in [4.69, 9.17) is 5.41 Å². The van der Waals surface area contributed by atoms with Gasteiger partial charge >= 0.3 is 5.51 Å². The fourth-order valence-electron chi connectivity index (χ4n) is 1.72. The Morgan fingerprint density at radius 2 is 2.04 bits per heavy atom. The van der Waals surface area contributed by atoms with E-state index in [1.54, 1.807) is 25.7 Å². The van der Waals surface area contributed by atoms with E-state index < -0.39 is 5.51 Å². The van der Waals surface area contributed by atoms with Crippen molar-refractivity contribution in [1.82, 2.24) is 4.98 Å². The van der Waals surface area contributed by atoms with Gasteiger partial charge in [-0.05, 0) is 47.2 Å². The monoisotopic (exact) mass is 486 g/mol. The van der Waals surface area contributed by atoms with Crippen LogP contribution in [0.4, 0.5) is 24.5 Å². The molecule has 26 heavy (non-hydrogen) atoms. The summed E-state index contributed by atoms with van der Waals surface area (Å²) in [6, 6.07) is 1.31. The molecule has 0 aliphatic heterocycles. The molecule has 0 unspecified atom stereocenters. The molecule has 0 fully saturated rings. The lowest BCUT2D eigenvalue weighted by atomic mass is 10.2. The van der Waals surface area contributed by atoms with E-state index in [1.807, 2.05) is 13.8 Å². The van der Waals surface area contributed by atoms with Crippen LogP contribution in [0.3, 0.4) is 0 Å². The van der Waals surface area contributed by atoms with Crippen molar-refractivity contribution >= 4 is 72.3 Å². The molecule has 1 heterocycles. The molecule has 1 aromatic rings. The van der Waals surface area contributed by atoms with Gasteiger partial charge in [0.25, 0.3) is 0 Å². The molecule has 1 rings (SSSR count). The zero-order chi connectivity index (χ0) is 19.9. The number of alkyl halides is 3. The first-order valence-corrected chi connectivity index (χ1v) is 10.7. The lowest BCUT2D eigenvalue weighted by Gasteiger charge is -2.12. The van der Waals surface area contributed by atoms with E-state index >= 15 is 0 Å². The van der Waals surface area contributed by atoms with Crippen LogP contribution in [0, 0.1) is 5.41 Å². The number of rotatable bonds is 7. The highest BCUT2D eigenvalue weighted by molar-refractivity contribution is 9.22. The zero-order valence-electron chi connectivity index (χ0n) is 14.5. The van der Waals surface area contributed by atoms with Gasteiger partial charge in [0.05, 0.1) is 21.8 Å². The lowest BCUT2D eigenvalue weighted by Crippen LogP contribution is -2.01. The molecule has 0 amide bonds. The van der Waals surface area contributed by atoms with E-state index in [0.29, 0.717) is 17.1 Å². The van der Waals surface area contributed by atoms with Crippen molar-refractivity contribution < 1.29 is 13.2 Å². The van der Waals surface area contributed by atoms with Crippen molar-refractivity contribution in [2.45, 2.75) is 31.3 Å². The van der Waals surface area contributed by atoms with Crippen LogP contribution in [0.25, 0.3) is 0 Å². The molecule has 11 heteroatoms. The van der Waals surface area contributed by atoms with Gasteiger partial charge in [0.2, 0.25) is 0 Å². The zero-order valence-corrected chi connectivity index (χ0v) is 18.5. The van der Waals surface area contributed by atoms with E-state index in [-0.39, 0.29) is 20.7 Å². The third-order valence-electron chi connectivity index (χ3n) is 2.94. The molecule has 0 bridgehead atoms. The Hall–Kier alpha value is -0.650. The Balaban J connectivity index is 3.30. The SMILES string of the molecule is CCS/C(SC(=N)Br)=C(C)\C(C)=N\c1cc(SC(F)(F)F)ncc1NC. The van der Waals surface area contributed by atoms with Crippen LogP contribution in [-0.4, -0.2) is 33.0 Å². The maximum Gasteiger partial charge on any atom is 0.447 e.